The molecule has 0 bridgehead atoms. The fourth-order valence-electron chi connectivity index (χ4n) is 5.75. The number of aromatic nitrogens is 2. The van der Waals surface area contributed by atoms with Gasteiger partial charge in [0.1, 0.15) is 41.3 Å². The Balaban J connectivity index is 1.53. The lowest BCUT2D eigenvalue weighted by Crippen LogP contribution is -2.59. The average Bonchev–Trinajstić information content (AvgIpc) is 3.78. The second kappa shape index (κ2) is 16.9. The van der Waals surface area contributed by atoms with Crippen molar-refractivity contribution >= 4 is 23.8 Å². The number of likely N-dealkylation sites (N-methyl/N-ethyl adjacent to an activating group) is 1. The van der Waals surface area contributed by atoms with Crippen LogP contribution in [0.15, 0.2) is 61.1 Å². The lowest BCUT2D eigenvalue weighted by atomic mass is 10.1. The minimum Gasteiger partial charge on any atom is -0.444 e. The molecule has 3 aromatic rings. The molecule has 2 heterocycles. The van der Waals surface area contributed by atoms with Gasteiger partial charge in [-0.25, -0.2) is 18.6 Å². The Bertz CT molecular complexity index is 1660. The van der Waals surface area contributed by atoms with Crippen LogP contribution in [0.4, 0.5) is 13.6 Å². The van der Waals surface area contributed by atoms with Crippen LogP contribution in [0.1, 0.15) is 63.5 Å². The molecule has 0 saturated carbocycles. The molecule has 4 amide bonds. The van der Waals surface area contributed by atoms with Gasteiger partial charge in [0.05, 0.1) is 6.10 Å². The van der Waals surface area contributed by atoms with Crippen LogP contribution in [0.3, 0.4) is 0 Å². The molecule has 0 unspecified atom stereocenters. The number of methoxy groups -OCH3 is 1. The van der Waals surface area contributed by atoms with Crippen molar-refractivity contribution in [3.63, 3.8) is 0 Å². The van der Waals surface area contributed by atoms with Gasteiger partial charge in [-0.15, -0.1) is 0 Å². The van der Waals surface area contributed by atoms with Gasteiger partial charge in [-0.05, 0) is 95.8 Å². The van der Waals surface area contributed by atoms with E-state index in [0.717, 1.165) is 5.56 Å². The highest BCUT2D eigenvalue weighted by Crippen LogP contribution is 2.23. The lowest BCUT2D eigenvalue weighted by molar-refractivity contribution is -0.141. The molecule has 4 rings (SSSR count). The van der Waals surface area contributed by atoms with Gasteiger partial charge in [0, 0.05) is 51.7 Å². The topological polar surface area (TPSA) is 126 Å². The standard InChI is InChI=1S/C37H48F2N6O6/c1-24(42(6)36(49)51-37(3,4)5)33(46)41-32(25(2)50-7)35(48)45-19-8-9-30(45)21-43(20-18-26-10-12-27(38)13-11-26)34(47)31-22-44(23-40-31)29-16-14-28(39)15-17-29/h10-17,22-25,30,32H,8-9,18-21H2,1-7H3,(H,41,46)/t24-,25+,30-,32-/m0/s1. The fourth-order valence-corrected chi connectivity index (χ4v) is 5.75. The molecular weight excluding hydrogens is 662 g/mol. The van der Waals surface area contributed by atoms with Gasteiger partial charge < -0.3 is 29.2 Å². The first kappa shape index (κ1) is 38.9. The van der Waals surface area contributed by atoms with Gasteiger partial charge in [0.25, 0.3) is 5.91 Å². The summed E-state index contributed by atoms with van der Waals surface area (Å²) in [5, 5.41) is 2.79. The zero-order valence-electron chi connectivity index (χ0n) is 30.3. The van der Waals surface area contributed by atoms with Crippen molar-refractivity contribution < 1.29 is 37.4 Å². The summed E-state index contributed by atoms with van der Waals surface area (Å²) in [6.45, 7) is 9.23. The molecule has 276 valence electrons. The number of hydrogen-bond acceptors (Lipinski definition) is 7. The summed E-state index contributed by atoms with van der Waals surface area (Å²) in [7, 11) is 2.89. The first-order chi connectivity index (χ1) is 24.1. The highest BCUT2D eigenvalue weighted by atomic mass is 19.1. The molecule has 1 fully saturated rings. The normalized spacial score (nSPS) is 16.3. The molecule has 1 aromatic heterocycles. The SMILES string of the molecule is CO[C@H](C)[C@H](NC(=O)[C@H](C)N(C)C(=O)OC(C)(C)C)C(=O)N1CCC[C@H]1CN(CCc1ccc(F)cc1)C(=O)c1cn(-c2ccc(F)cc2)cn1. The largest absolute Gasteiger partial charge is 0.444 e. The minimum absolute atomic E-state index is 0.163. The van der Waals surface area contributed by atoms with Crippen molar-refractivity contribution in [3.05, 3.63) is 83.9 Å². The van der Waals surface area contributed by atoms with Gasteiger partial charge >= 0.3 is 6.09 Å². The highest BCUT2D eigenvalue weighted by Gasteiger charge is 2.39. The Labute approximate surface area is 297 Å². The molecule has 0 radical (unpaired) electrons. The molecule has 1 aliphatic rings. The summed E-state index contributed by atoms with van der Waals surface area (Å²) in [5.74, 6) is -2.06. The third-order valence-corrected chi connectivity index (χ3v) is 8.94. The van der Waals surface area contributed by atoms with Crippen LogP contribution in [-0.4, -0.2) is 112 Å². The number of rotatable bonds is 13. The summed E-state index contributed by atoms with van der Waals surface area (Å²) >= 11 is 0. The van der Waals surface area contributed by atoms with Crippen LogP contribution < -0.4 is 5.32 Å². The summed E-state index contributed by atoms with van der Waals surface area (Å²) in [4.78, 5) is 63.0. The minimum atomic E-state index is -1.08. The predicted molar refractivity (Wildman–Crippen MR) is 186 cm³/mol. The average molecular weight is 711 g/mol. The third-order valence-electron chi connectivity index (χ3n) is 8.94. The van der Waals surface area contributed by atoms with E-state index in [-0.39, 0.29) is 48.3 Å². The molecule has 14 heteroatoms. The molecule has 1 saturated heterocycles. The van der Waals surface area contributed by atoms with Crippen molar-refractivity contribution in [3.8, 4) is 5.69 Å². The Hall–Kier alpha value is -4.85. The molecular formula is C37H48F2N6O6. The number of likely N-dealkylation sites (tertiary alicyclic amines) is 1. The van der Waals surface area contributed by atoms with E-state index >= 15 is 0 Å². The Morgan fingerprint density at radius 2 is 1.65 bits per heavy atom. The maximum Gasteiger partial charge on any atom is 0.410 e. The van der Waals surface area contributed by atoms with Gasteiger partial charge in [-0.2, -0.15) is 0 Å². The van der Waals surface area contributed by atoms with Crippen molar-refractivity contribution in [2.45, 2.75) is 83.7 Å². The maximum atomic E-state index is 14.2. The molecule has 1 aliphatic heterocycles. The van der Waals surface area contributed by atoms with E-state index in [1.807, 2.05) is 0 Å². The monoisotopic (exact) mass is 710 g/mol. The first-order valence-electron chi connectivity index (χ1n) is 17.0. The summed E-state index contributed by atoms with van der Waals surface area (Å²) < 4.78 is 39.6. The van der Waals surface area contributed by atoms with E-state index in [0.29, 0.717) is 31.5 Å². The van der Waals surface area contributed by atoms with E-state index in [4.69, 9.17) is 9.47 Å². The van der Waals surface area contributed by atoms with Crippen molar-refractivity contribution in [2.24, 2.45) is 0 Å². The number of nitrogens with one attached hydrogen (secondary N) is 1. The van der Waals surface area contributed by atoms with Gasteiger partial charge in [-0.1, -0.05) is 12.1 Å². The Morgan fingerprint density at radius 1 is 1.02 bits per heavy atom. The van der Waals surface area contributed by atoms with Crippen molar-refractivity contribution in [1.82, 2.24) is 29.6 Å². The van der Waals surface area contributed by atoms with Gasteiger partial charge in [0.15, 0.2) is 0 Å². The van der Waals surface area contributed by atoms with Crippen molar-refractivity contribution in [2.75, 3.05) is 33.8 Å². The molecule has 2 aromatic carbocycles. The number of halogens is 2. The molecule has 12 nitrogen and oxygen atoms in total. The zero-order valence-corrected chi connectivity index (χ0v) is 30.3. The summed E-state index contributed by atoms with van der Waals surface area (Å²) in [6.07, 6.45) is 3.36. The second-order valence-corrected chi connectivity index (χ2v) is 13.8. The first-order valence-corrected chi connectivity index (χ1v) is 17.0. The number of nitrogens with zero attached hydrogens (tertiary/aromatic N) is 5. The van der Waals surface area contributed by atoms with E-state index in [1.165, 1.54) is 49.7 Å². The molecule has 1 N–H and O–H groups in total. The van der Waals surface area contributed by atoms with E-state index in [1.54, 1.807) is 79.4 Å². The number of hydrogen-bond donors (Lipinski definition) is 1. The fraction of sp³-hybridized carbons (Fsp3) is 0.486. The quantitative estimate of drug-likeness (QED) is 0.275. The van der Waals surface area contributed by atoms with Gasteiger partial charge in [-0.3, -0.25) is 19.3 Å². The summed E-state index contributed by atoms with van der Waals surface area (Å²) in [6, 6.07) is 9.41. The summed E-state index contributed by atoms with van der Waals surface area (Å²) in [5.41, 5.74) is 0.857. The highest BCUT2D eigenvalue weighted by molar-refractivity contribution is 5.93. The number of imidazole rings is 1. The molecule has 0 aliphatic carbocycles. The lowest BCUT2D eigenvalue weighted by Gasteiger charge is -2.35. The van der Waals surface area contributed by atoms with Crippen LogP contribution in [0.2, 0.25) is 0 Å². The van der Waals surface area contributed by atoms with E-state index < -0.39 is 35.8 Å². The van der Waals surface area contributed by atoms with Crippen LogP contribution in [0.5, 0.6) is 0 Å². The van der Waals surface area contributed by atoms with Crippen LogP contribution in [-0.2, 0) is 25.5 Å². The third kappa shape index (κ3) is 10.3. The molecule has 4 atom stereocenters. The smallest absolute Gasteiger partial charge is 0.410 e. The van der Waals surface area contributed by atoms with Crippen molar-refractivity contribution in [1.29, 1.82) is 0 Å². The Kier molecular flexibility index (Phi) is 12.9. The zero-order chi connectivity index (χ0) is 37.5. The number of carbonyl (C=O) groups excluding carboxylic acids is 4. The number of carbonyl (C=O) groups is 4. The maximum absolute atomic E-state index is 14.2. The van der Waals surface area contributed by atoms with Gasteiger partial charge in [0.2, 0.25) is 11.8 Å². The van der Waals surface area contributed by atoms with Crippen LogP contribution in [0.25, 0.3) is 5.69 Å². The second-order valence-electron chi connectivity index (χ2n) is 13.8. The predicted octanol–water partition coefficient (Wildman–Crippen LogP) is 4.60. The number of amides is 4. The molecule has 51 heavy (non-hydrogen) atoms. The van der Waals surface area contributed by atoms with Crippen LogP contribution >= 0.6 is 0 Å². The molecule has 0 spiro atoms. The number of benzene rings is 2. The number of ether oxygens (including phenoxy) is 2. The Morgan fingerprint density at radius 3 is 2.25 bits per heavy atom. The van der Waals surface area contributed by atoms with E-state index in [9.17, 15) is 28.0 Å². The van der Waals surface area contributed by atoms with Crippen LogP contribution in [0, 0.1) is 11.6 Å². The van der Waals surface area contributed by atoms with E-state index in [2.05, 4.69) is 10.3 Å².